The Labute approximate surface area is 128 Å². The van der Waals surface area contributed by atoms with Crippen LogP contribution in [0.25, 0.3) is 0 Å². The summed E-state index contributed by atoms with van der Waals surface area (Å²) in [5, 5.41) is 0.160. The summed E-state index contributed by atoms with van der Waals surface area (Å²) in [4.78, 5) is 11.9. The van der Waals surface area contributed by atoms with Gasteiger partial charge in [-0.15, -0.1) is 23.5 Å². The molecule has 0 saturated carbocycles. The zero-order valence-corrected chi connectivity index (χ0v) is 15.7. The lowest BCUT2D eigenvalue weighted by atomic mass is 10.2. The highest BCUT2D eigenvalue weighted by molar-refractivity contribution is 8.17. The van der Waals surface area contributed by atoms with Crippen molar-refractivity contribution in [2.24, 2.45) is 0 Å². The Morgan fingerprint density at radius 3 is 2.26 bits per heavy atom. The number of Topliss-reactive ketones (excluding diaryl/α,β-unsaturated/α-hetero) is 1. The first-order valence-corrected chi connectivity index (χ1v) is 12.1. The summed E-state index contributed by atoms with van der Waals surface area (Å²) in [5.74, 6) is 2.64. The summed E-state index contributed by atoms with van der Waals surface area (Å²) in [6, 6.07) is 0. The Hall–Kier alpha value is 0.547. The van der Waals surface area contributed by atoms with Gasteiger partial charge in [-0.3, -0.25) is 4.79 Å². The first kappa shape index (κ1) is 17.6. The van der Waals surface area contributed by atoms with E-state index >= 15 is 0 Å². The first-order chi connectivity index (χ1) is 8.63. The highest BCUT2D eigenvalue weighted by Crippen LogP contribution is 2.40. The predicted octanol–water partition coefficient (Wildman–Crippen LogP) is 4.55. The molecule has 0 N–H and O–H groups in total. The minimum absolute atomic E-state index is 0.160. The van der Waals surface area contributed by atoms with Gasteiger partial charge in [0.15, 0.2) is 14.1 Å². The molecular weight excluding hydrogens is 292 g/mol. The third-order valence-corrected chi connectivity index (χ3v) is 11.5. The molecule has 0 aromatic heterocycles. The minimum atomic E-state index is -1.85. The van der Waals surface area contributed by atoms with E-state index in [0.29, 0.717) is 4.58 Å². The van der Waals surface area contributed by atoms with E-state index in [9.17, 15) is 4.79 Å². The second kappa shape index (κ2) is 7.01. The topological polar surface area (TPSA) is 26.3 Å². The molecule has 1 rings (SSSR count). The van der Waals surface area contributed by atoms with Crippen molar-refractivity contribution in [3.05, 3.63) is 0 Å². The minimum Gasteiger partial charge on any atom is -0.407 e. The molecule has 0 unspecified atom stereocenters. The Bertz CT molecular complexity index is 307. The molecule has 1 atom stereocenters. The van der Waals surface area contributed by atoms with Crippen molar-refractivity contribution < 1.29 is 9.22 Å². The van der Waals surface area contributed by atoms with Gasteiger partial charge in [-0.1, -0.05) is 20.8 Å². The Balaban J connectivity index is 2.65. The summed E-state index contributed by atoms with van der Waals surface area (Å²) in [6.45, 7) is 12.8. The van der Waals surface area contributed by atoms with Crippen LogP contribution >= 0.6 is 23.5 Å². The lowest BCUT2D eigenvalue weighted by Gasteiger charge is -2.39. The number of carbonyl (C=O) groups excluding carboxylic acids is 1. The van der Waals surface area contributed by atoms with Crippen LogP contribution in [-0.4, -0.2) is 36.3 Å². The normalized spacial score (nSPS) is 20.3. The third kappa shape index (κ3) is 5.44. The quantitative estimate of drug-likeness (QED) is 0.694. The molecule has 19 heavy (non-hydrogen) atoms. The van der Waals surface area contributed by atoms with E-state index in [1.54, 1.807) is 6.92 Å². The maximum Gasteiger partial charge on any atom is 0.193 e. The second-order valence-corrected chi connectivity index (χ2v) is 14.4. The molecule has 0 amide bonds. The van der Waals surface area contributed by atoms with E-state index in [1.165, 1.54) is 17.9 Å². The molecule has 1 aliphatic heterocycles. The number of thioether (sulfide) groups is 2. The van der Waals surface area contributed by atoms with Gasteiger partial charge in [-0.05, 0) is 43.0 Å². The monoisotopic (exact) mass is 320 g/mol. The Morgan fingerprint density at radius 2 is 1.84 bits per heavy atom. The predicted molar refractivity (Wildman–Crippen MR) is 90.7 cm³/mol. The molecule has 0 aliphatic carbocycles. The number of hydrogen-bond acceptors (Lipinski definition) is 4. The van der Waals surface area contributed by atoms with Crippen molar-refractivity contribution in [1.29, 1.82) is 0 Å². The molecule has 1 heterocycles. The molecule has 112 valence electrons. The molecule has 0 aromatic rings. The van der Waals surface area contributed by atoms with Crippen LogP contribution in [0.1, 0.15) is 40.5 Å². The van der Waals surface area contributed by atoms with Crippen LogP contribution < -0.4 is 0 Å². The molecule has 0 spiro atoms. The van der Waals surface area contributed by atoms with Crippen molar-refractivity contribution >= 4 is 37.6 Å². The number of carbonyl (C=O) groups is 1. The summed E-state index contributed by atoms with van der Waals surface area (Å²) in [6.07, 6.45) is 1.96. The molecule has 0 bridgehead atoms. The van der Waals surface area contributed by atoms with E-state index < -0.39 is 8.32 Å². The third-order valence-electron chi connectivity index (χ3n) is 4.00. The van der Waals surface area contributed by atoms with Crippen molar-refractivity contribution in [3.63, 3.8) is 0 Å². The van der Waals surface area contributed by atoms with Gasteiger partial charge in [0.2, 0.25) is 0 Å². The van der Waals surface area contributed by atoms with Crippen molar-refractivity contribution in [2.45, 2.75) is 69.4 Å². The SMILES string of the molecule is CC(=O)[C@H](CC1SCCCS1)O[Si](C)(C)C(C)(C)C. The Morgan fingerprint density at radius 1 is 1.32 bits per heavy atom. The van der Waals surface area contributed by atoms with Crippen molar-refractivity contribution in [2.75, 3.05) is 11.5 Å². The van der Waals surface area contributed by atoms with Gasteiger partial charge in [0.05, 0.1) is 4.58 Å². The molecular formula is C14H28O2S2Si. The average Bonchev–Trinajstić information content (AvgIpc) is 2.27. The van der Waals surface area contributed by atoms with E-state index in [2.05, 4.69) is 33.9 Å². The number of rotatable bonds is 5. The standard InChI is InChI=1S/C14H28O2S2Si/c1-11(15)12(10-13-17-8-7-9-18-13)16-19(5,6)14(2,3)4/h12-13H,7-10H2,1-6H3/t12-/m0/s1. The zero-order chi connectivity index (χ0) is 14.7. The second-order valence-electron chi connectivity index (χ2n) is 6.74. The largest absolute Gasteiger partial charge is 0.407 e. The summed E-state index contributed by atoms with van der Waals surface area (Å²) >= 11 is 3.98. The van der Waals surface area contributed by atoms with E-state index in [4.69, 9.17) is 4.43 Å². The number of hydrogen-bond donors (Lipinski definition) is 0. The van der Waals surface area contributed by atoms with Crippen LogP contribution in [0.3, 0.4) is 0 Å². The summed E-state index contributed by atoms with van der Waals surface area (Å²) in [5.41, 5.74) is 0. The molecule has 1 saturated heterocycles. The van der Waals surface area contributed by atoms with Gasteiger partial charge < -0.3 is 4.43 Å². The summed E-state index contributed by atoms with van der Waals surface area (Å²) in [7, 11) is -1.85. The first-order valence-electron chi connectivity index (χ1n) is 7.05. The van der Waals surface area contributed by atoms with Gasteiger partial charge in [0.1, 0.15) is 6.10 Å². The van der Waals surface area contributed by atoms with Crippen LogP contribution in [-0.2, 0) is 9.22 Å². The van der Waals surface area contributed by atoms with Crippen molar-refractivity contribution in [1.82, 2.24) is 0 Å². The van der Waals surface area contributed by atoms with E-state index in [1.807, 2.05) is 23.5 Å². The fourth-order valence-corrected chi connectivity index (χ4v) is 5.92. The highest BCUT2D eigenvalue weighted by atomic mass is 32.2. The fraction of sp³-hybridized carbons (Fsp3) is 0.929. The summed E-state index contributed by atoms with van der Waals surface area (Å²) < 4.78 is 6.86. The highest BCUT2D eigenvalue weighted by Gasteiger charge is 2.40. The fourth-order valence-electron chi connectivity index (χ4n) is 1.68. The lowest BCUT2D eigenvalue weighted by Crippen LogP contribution is -2.46. The Kier molecular flexibility index (Phi) is 6.49. The maximum absolute atomic E-state index is 11.9. The van der Waals surface area contributed by atoms with Crippen LogP contribution in [0.15, 0.2) is 0 Å². The van der Waals surface area contributed by atoms with Gasteiger partial charge in [-0.2, -0.15) is 0 Å². The molecule has 1 fully saturated rings. The molecule has 1 aliphatic rings. The smallest absolute Gasteiger partial charge is 0.193 e. The van der Waals surface area contributed by atoms with Crippen LogP contribution in [0.5, 0.6) is 0 Å². The number of ketones is 1. The molecule has 0 radical (unpaired) electrons. The zero-order valence-electron chi connectivity index (χ0n) is 13.1. The van der Waals surface area contributed by atoms with Gasteiger partial charge >= 0.3 is 0 Å². The van der Waals surface area contributed by atoms with Crippen LogP contribution in [0, 0.1) is 0 Å². The lowest BCUT2D eigenvalue weighted by molar-refractivity contribution is -0.124. The average molecular weight is 321 g/mol. The van der Waals surface area contributed by atoms with Crippen molar-refractivity contribution in [3.8, 4) is 0 Å². The van der Waals surface area contributed by atoms with Gasteiger partial charge in [0.25, 0.3) is 0 Å². The molecule has 2 nitrogen and oxygen atoms in total. The van der Waals surface area contributed by atoms with E-state index in [-0.39, 0.29) is 16.9 Å². The van der Waals surface area contributed by atoms with E-state index in [0.717, 1.165) is 6.42 Å². The maximum atomic E-state index is 11.9. The van der Waals surface area contributed by atoms with Gasteiger partial charge in [-0.25, -0.2) is 0 Å². The van der Waals surface area contributed by atoms with Crippen LogP contribution in [0.2, 0.25) is 18.1 Å². The van der Waals surface area contributed by atoms with Crippen LogP contribution in [0.4, 0.5) is 0 Å². The van der Waals surface area contributed by atoms with Gasteiger partial charge in [0, 0.05) is 6.42 Å². The molecule has 0 aromatic carbocycles. The molecule has 5 heteroatoms.